The molecule has 0 aliphatic carbocycles. The summed E-state index contributed by atoms with van der Waals surface area (Å²) in [6.45, 7) is 11.0. The Labute approximate surface area is 103 Å². The van der Waals surface area contributed by atoms with Crippen LogP contribution in [0, 0.1) is 0 Å². The molecule has 1 rings (SSSR count). The van der Waals surface area contributed by atoms with Crippen molar-refractivity contribution in [3.05, 3.63) is 30.3 Å². The molecule has 0 fully saturated rings. The summed E-state index contributed by atoms with van der Waals surface area (Å²) in [5, 5.41) is 1.26. The Morgan fingerprint density at radius 2 is 1.31 bits per heavy atom. The van der Waals surface area contributed by atoms with Crippen LogP contribution in [-0.4, -0.2) is 26.6 Å². The third-order valence-electron chi connectivity index (χ3n) is 2.22. The van der Waals surface area contributed by atoms with Gasteiger partial charge in [0.25, 0.3) is 0 Å². The molecule has 2 nitrogen and oxygen atoms in total. The average molecular weight is 271 g/mol. The lowest BCUT2D eigenvalue weighted by Crippen LogP contribution is -2.55. The zero-order chi connectivity index (χ0) is 12.2. The Kier molecular flexibility index (Phi) is 5.13. The van der Waals surface area contributed by atoms with Crippen LogP contribution in [0.3, 0.4) is 0 Å². The van der Waals surface area contributed by atoms with Crippen molar-refractivity contribution in [1.82, 2.24) is 0 Å². The van der Waals surface area contributed by atoms with Crippen LogP contribution in [0.4, 0.5) is 0 Å². The van der Waals surface area contributed by atoms with Gasteiger partial charge in [0.05, 0.1) is 0 Å². The Hall–Kier alpha value is -0.209. The molecule has 0 saturated carbocycles. The summed E-state index contributed by atoms with van der Waals surface area (Å²) in [6, 6.07) is 10.5. The molecule has 0 amide bonds. The number of hydrogen-bond acceptors (Lipinski definition) is 2. The number of rotatable bonds is 5. The topological polar surface area (TPSA) is 18.5 Å². The fourth-order valence-electron chi connectivity index (χ4n) is 1.80. The highest BCUT2D eigenvalue weighted by Gasteiger charge is 2.35. The monoisotopic (exact) mass is 270 g/mol. The van der Waals surface area contributed by atoms with Crippen molar-refractivity contribution in [3.63, 3.8) is 0 Å². The van der Waals surface area contributed by atoms with Crippen LogP contribution in [0.2, 0.25) is 32.7 Å². The predicted molar refractivity (Wildman–Crippen MR) is 77.6 cm³/mol. The fraction of sp³-hybridized carbons (Fsp3) is 0.455. The summed E-state index contributed by atoms with van der Waals surface area (Å²) in [5.74, 6) is 0. The summed E-state index contributed by atoms with van der Waals surface area (Å²) in [5.41, 5.74) is 0. The molecule has 1 aromatic carbocycles. The van der Waals surface area contributed by atoms with Gasteiger partial charge in [-0.05, 0) is 37.9 Å². The summed E-state index contributed by atoms with van der Waals surface area (Å²) in [4.78, 5) is 0. The molecule has 0 bridgehead atoms. The molecule has 16 heavy (non-hydrogen) atoms. The first-order valence-electron chi connectivity index (χ1n) is 5.85. The van der Waals surface area contributed by atoms with Gasteiger partial charge in [-0.15, -0.1) is 0 Å². The van der Waals surface area contributed by atoms with Crippen molar-refractivity contribution in [2.75, 3.05) is 0 Å². The van der Waals surface area contributed by atoms with Crippen molar-refractivity contribution in [3.8, 4) is 0 Å². The molecule has 0 aromatic heterocycles. The molecule has 0 unspecified atom stereocenters. The second-order valence-corrected chi connectivity index (χ2v) is 13.2. The minimum absolute atomic E-state index is 1.07. The Morgan fingerprint density at radius 3 is 1.69 bits per heavy atom. The van der Waals surface area contributed by atoms with Crippen molar-refractivity contribution in [2.24, 2.45) is 0 Å². The smallest absolute Gasteiger partial charge is 0.348 e. The minimum atomic E-state index is -2.13. The molecule has 0 radical (unpaired) electrons. The molecule has 1 aromatic rings. The maximum absolute atomic E-state index is 6.22. The first-order valence-corrected chi connectivity index (χ1v) is 13.7. The molecule has 0 saturated heterocycles. The third kappa shape index (κ3) is 3.99. The van der Waals surface area contributed by atoms with Gasteiger partial charge >= 0.3 is 8.56 Å². The lowest BCUT2D eigenvalue weighted by molar-refractivity contribution is 0.424. The average Bonchev–Trinajstić information content (AvgIpc) is 2.16. The normalized spacial score (nSPS) is 12.4. The van der Waals surface area contributed by atoms with E-state index in [4.69, 9.17) is 8.23 Å². The highest BCUT2D eigenvalue weighted by Crippen LogP contribution is 2.11. The summed E-state index contributed by atoms with van der Waals surface area (Å²) in [7, 11) is -4.26. The zero-order valence-corrected chi connectivity index (χ0v) is 14.2. The Balaban J connectivity index is 2.95. The second kappa shape index (κ2) is 5.92. The molecule has 5 heteroatoms. The zero-order valence-electron chi connectivity index (χ0n) is 10.9. The van der Waals surface area contributed by atoms with Gasteiger partial charge in [-0.1, -0.05) is 30.3 Å². The van der Waals surface area contributed by atoms with E-state index in [1.807, 2.05) is 6.07 Å². The van der Waals surface area contributed by atoms with Gasteiger partial charge in [-0.3, -0.25) is 0 Å². The first kappa shape index (κ1) is 13.9. The fourth-order valence-corrected chi connectivity index (χ4v) is 11.6. The quantitative estimate of drug-likeness (QED) is 0.762. The van der Waals surface area contributed by atoms with Crippen LogP contribution < -0.4 is 5.19 Å². The van der Waals surface area contributed by atoms with Gasteiger partial charge in [-0.2, -0.15) is 0 Å². The van der Waals surface area contributed by atoms with Crippen molar-refractivity contribution in [1.29, 1.82) is 0 Å². The van der Waals surface area contributed by atoms with E-state index in [1.54, 1.807) is 0 Å². The molecule has 0 spiro atoms. The van der Waals surface area contributed by atoms with Crippen molar-refractivity contribution >= 4 is 31.8 Å². The van der Waals surface area contributed by atoms with E-state index in [-0.39, 0.29) is 0 Å². The van der Waals surface area contributed by atoms with Crippen LogP contribution in [0.1, 0.15) is 0 Å². The maximum Gasteiger partial charge on any atom is 0.348 e. The van der Waals surface area contributed by atoms with E-state index in [0.29, 0.717) is 0 Å². The lowest BCUT2D eigenvalue weighted by atomic mass is 10.4. The van der Waals surface area contributed by atoms with Gasteiger partial charge in [0.1, 0.15) is 0 Å². The van der Waals surface area contributed by atoms with Gasteiger partial charge in [0.15, 0.2) is 18.1 Å². The van der Waals surface area contributed by atoms with Gasteiger partial charge < -0.3 is 8.23 Å². The van der Waals surface area contributed by atoms with E-state index in [1.165, 1.54) is 5.19 Å². The van der Waals surface area contributed by atoms with Crippen LogP contribution in [0.25, 0.3) is 0 Å². The summed E-state index contributed by atoms with van der Waals surface area (Å²) >= 11 is 0. The van der Waals surface area contributed by atoms with Crippen LogP contribution in [-0.2, 0) is 8.23 Å². The van der Waals surface area contributed by atoms with Crippen molar-refractivity contribution < 1.29 is 8.23 Å². The first-order chi connectivity index (χ1) is 7.44. The summed E-state index contributed by atoms with van der Waals surface area (Å²) in [6.07, 6.45) is 0. The molecule has 0 aliphatic heterocycles. The van der Waals surface area contributed by atoms with E-state index in [2.05, 4.69) is 57.0 Å². The third-order valence-corrected chi connectivity index (χ3v) is 11.0. The molecular weight excluding hydrogens is 248 g/mol. The van der Waals surface area contributed by atoms with Crippen molar-refractivity contribution in [2.45, 2.75) is 32.7 Å². The summed E-state index contributed by atoms with van der Waals surface area (Å²) < 4.78 is 12.4. The van der Waals surface area contributed by atoms with Gasteiger partial charge in [0.2, 0.25) is 0 Å². The Morgan fingerprint density at radius 1 is 0.875 bits per heavy atom. The largest absolute Gasteiger partial charge is 0.436 e. The highest BCUT2D eigenvalue weighted by molar-refractivity contribution is 6.88. The molecule has 90 valence electrons. The van der Waals surface area contributed by atoms with Gasteiger partial charge in [0, 0.05) is 0 Å². The molecule has 0 atom stereocenters. The molecular formula is C11H22O2Si3. The van der Waals surface area contributed by atoms with E-state index >= 15 is 0 Å². The number of benzene rings is 1. The SMILES string of the molecule is C[SiH](C)O[Si](C)(O[SiH](C)C)c1ccccc1. The molecule has 0 N–H and O–H groups in total. The Bertz CT molecular complexity index is 304. The van der Waals surface area contributed by atoms with Gasteiger partial charge in [-0.25, -0.2) is 0 Å². The lowest BCUT2D eigenvalue weighted by Gasteiger charge is -2.31. The standard InChI is InChI=1S/C11H22O2Si3/c1-14(2)12-16(5,13-15(3)4)11-9-7-6-8-10-11/h6-10,14-15H,1-5H3. The van der Waals surface area contributed by atoms with Crippen LogP contribution in [0.15, 0.2) is 30.3 Å². The van der Waals surface area contributed by atoms with Crippen LogP contribution in [0.5, 0.6) is 0 Å². The van der Waals surface area contributed by atoms with E-state index in [9.17, 15) is 0 Å². The molecule has 0 heterocycles. The highest BCUT2D eigenvalue weighted by atomic mass is 28.5. The van der Waals surface area contributed by atoms with Crippen LogP contribution >= 0.6 is 0 Å². The number of hydrogen-bond donors (Lipinski definition) is 0. The minimum Gasteiger partial charge on any atom is -0.436 e. The van der Waals surface area contributed by atoms with E-state index in [0.717, 1.165) is 0 Å². The van der Waals surface area contributed by atoms with E-state index < -0.39 is 26.6 Å². The molecule has 0 aliphatic rings. The predicted octanol–water partition coefficient (Wildman–Crippen LogP) is 1.97. The maximum atomic E-state index is 6.22. The second-order valence-electron chi connectivity index (χ2n) is 4.64.